The zero-order valence-corrected chi connectivity index (χ0v) is 19.8. The average Bonchev–Trinajstić information content (AvgIpc) is 2.79. The van der Waals surface area contributed by atoms with Gasteiger partial charge in [0.15, 0.2) is 0 Å². The Balaban J connectivity index is 1.51. The molecular formula is C25H24Cl2N4O2. The van der Waals surface area contributed by atoms with Gasteiger partial charge >= 0.3 is 0 Å². The maximum atomic E-state index is 12.9. The number of carbonyl (C=O) groups excluding carboxylic acids is 2. The van der Waals surface area contributed by atoms with E-state index in [9.17, 15) is 9.59 Å². The lowest BCUT2D eigenvalue weighted by atomic mass is 10.1. The smallest absolute Gasteiger partial charge is 0.257 e. The number of nitrogens with zero attached hydrogens (tertiary/aromatic N) is 2. The van der Waals surface area contributed by atoms with Crippen LogP contribution < -0.4 is 10.6 Å². The van der Waals surface area contributed by atoms with Crippen molar-refractivity contribution in [2.45, 2.75) is 25.9 Å². The van der Waals surface area contributed by atoms with E-state index in [1.807, 2.05) is 36.9 Å². The number of nitrogens with one attached hydrogen (secondary N) is 2. The van der Waals surface area contributed by atoms with Gasteiger partial charge in [0.2, 0.25) is 0 Å². The van der Waals surface area contributed by atoms with Gasteiger partial charge in [-0.2, -0.15) is 0 Å². The maximum Gasteiger partial charge on any atom is 0.257 e. The van der Waals surface area contributed by atoms with E-state index in [2.05, 4.69) is 15.6 Å². The van der Waals surface area contributed by atoms with Gasteiger partial charge in [0, 0.05) is 48.2 Å². The van der Waals surface area contributed by atoms with Gasteiger partial charge in [-0.05, 0) is 62.4 Å². The third kappa shape index (κ3) is 5.36. The van der Waals surface area contributed by atoms with Crippen LogP contribution in [0.15, 0.2) is 60.8 Å². The van der Waals surface area contributed by atoms with Crippen molar-refractivity contribution in [3.8, 4) is 11.3 Å². The Bertz CT molecular complexity index is 1180. The molecule has 2 unspecified atom stereocenters. The molecule has 1 aliphatic rings. The predicted octanol–water partition coefficient (Wildman–Crippen LogP) is 5.13. The second-order valence-electron chi connectivity index (χ2n) is 8.24. The summed E-state index contributed by atoms with van der Waals surface area (Å²) in [6, 6.07) is 15.9. The molecule has 2 heterocycles. The van der Waals surface area contributed by atoms with Crippen LogP contribution >= 0.6 is 23.2 Å². The fourth-order valence-electron chi connectivity index (χ4n) is 4.03. The molecule has 0 bridgehead atoms. The summed E-state index contributed by atoms with van der Waals surface area (Å²) in [5.41, 5.74) is 2.72. The minimum atomic E-state index is -0.377. The van der Waals surface area contributed by atoms with Crippen molar-refractivity contribution in [1.82, 2.24) is 15.2 Å². The highest BCUT2D eigenvalue weighted by Crippen LogP contribution is 2.30. The third-order valence-corrected chi connectivity index (χ3v) is 6.11. The molecule has 1 aromatic heterocycles. The van der Waals surface area contributed by atoms with E-state index in [1.165, 1.54) is 0 Å². The van der Waals surface area contributed by atoms with Gasteiger partial charge in [0.1, 0.15) is 0 Å². The Morgan fingerprint density at radius 1 is 1.00 bits per heavy atom. The van der Waals surface area contributed by atoms with Crippen molar-refractivity contribution >= 4 is 40.7 Å². The summed E-state index contributed by atoms with van der Waals surface area (Å²) in [4.78, 5) is 32.0. The average molecular weight is 483 g/mol. The van der Waals surface area contributed by atoms with E-state index in [1.54, 1.807) is 42.6 Å². The zero-order valence-electron chi connectivity index (χ0n) is 18.3. The van der Waals surface area contributed by atoms with Gasteiger partial charge in [-0.25, -0.2) is 0 Å². The van der Waals surface area contributed by atoms with Gasteiger partial charge in [0.25, 0.3) is 11.8 Å². The van der Waals surface area contributed by atoms with E-state index in [0.29, 0.717) is 40.6 Å². The van der Waals surface area contributed by atoms with Gasteiger partial charge in [-0.3, -0.25) is 14.6 Å². The van der Waals surface area contributed by atoms with Crippen molar-refractivity contribution in [2.24, 2.45) is 0 Å². The summed E-state index contributed by atoms with van der Waals surface area (Å²) >= 11 is 12.7. The van der Waals surface area contributed by atoms with Crippen molar-refractivity contribution in [1.29, 1.82) is 0 Å². The molecule has 2 N–H and O–H groups in total. The molecule has 33 heavy (non-hydrogen) atoms. The number of anilines is 1. The molecule has 1 fully saturated rings. The fourth-order valence-corrected chi connectivity index (χ4v) is 4.51. The molecule has 0 saturated carbocycles. The topological polar surface area (TPSA) is 74.3 Å². The molecule has 4 rings (SSSR count). The Labute approximate surface area is 202 Å². The Hall–Kier alpha value is -2.93. The first-order valence-electron chi connectivity index (χ1n) is 10.7. The van der Waals surface area contributed by atoms with Crippen LogP contribution in [0, 0.1) is 0 Å². The number of amides is 2. The molecule has 0 aliphatic carbocycles. The molecule has 2 atom stereocenters. The van der Waals surface area contributed by atoms with Crippen LogP contribution in [-0.4, -0.2) is 46.9 Å². The molecular weight excluding hydrogens is 459 g/mol. The summed E-state index contributed by atoms with van der Waals surface area (Å²) in [5.74, 6) is -0.473. The first kappa shape index (κ1) is 23.2. The first-order chi connectivity index (χ1) is 15.8. The lowest BCUT2D eigenvalue weighted by Gasteiger charge is -2.36. The van der Waals surface area contributed by atoms with E-state index >= 15 is 0 Å². The second-order valence-corrected chi connectivity index (χ2v) is 9.05. The summed E-state index contributed by atoms with van der Waals surface area (Å²) in [7, 11) is 0. The zero-order chi connectivity index (χ0) is 23.5. The summed E-state index contributed by atoms with van der Waals surface area (Å²) in [6.07, 6.45) is 1.68. The minimum Gasteiger partial charge on any atom is -0.336 e. The largest absolute Gasteiger partial charge is 0.336 e. The molecule has 0 radical (unpaired) electrons. The molecule has 8 heteroatoms. The van der Waals surface area contributed by atoms with Crippen molar-refractivity contribution in [2.75, 3.05) is 18.4 Å². The quantitative estimate of drug-likeness (QED) is 0.540. The Morgan fingerprint density at radius 3 is 2.42 bits per heavy atom. The van der Waals surface area contributed by atoms with E-state index in [-0.39, 0.29) is 34.5 Å². The lowest BCUT2D eigenvalue weighted by Crippen LogP contribution is -2.55. The SMILES string of the molecule is CC1CN(C(=O)c2ccc(C(=O)Nc3ccc(Cl)c(-c4ccccn4)c3)c(Cl)c2)CC(C)N1. The normalized spacial score (nSPS) is 18.1. The number of benzene rings is 2. The van der Waals surface area contributed by atoms with E-state index in [0.717, 1.165) is 0 Å². The molecule has 2 amide bonds. The molecule has 0 spiro atoms. The van der Waals surface area contributed by atoms with Crippen LogP contribution in [0.3, 0.4) is 0 Å². The van der Waals surface area contributed by atoms with Crippen LogP contribution in [0.1, 0.15) is 34.6 Å². The van der Waals surface area contributed by atoms with E-state index in [4.69, 9.17) is 23.2 Å². The van der Waals surface area contributed by atoms with Gasteiger partial charge in [0.05, 0.1) is 21.3 Å². The number of pyridine rings is 1. The highest BCUT2D eigenvalue weighted by atomic mass is 35.5. The molecule has 1 aliphatic heterocycles. The van der Waals surface area contributed by atoms with Crippen LogP contribution in [0.2, 0.25) is 10.0 Å². The molecule has 3 aromatic rings. The second kappa shape index (κ2) is 9.91. The number of rotatable bonds is 4. The van der Waals surface area contributed by atoms with Crippen LogP contribution in [0.5, 0.6) is 0 Å². The fraction of sp³-hybridized carbons (Fsp3) is 0.240. The lowest BCUT2D eigenvalue weighted by molar-refractivity contribution is 0.0673. The Morgan fingerprint density at radius 2 is 1.76 bits per heavy atom. The van der Waals surface area contributed by atoms with Gasteiger partial charge in [-0.1, -0.05) is 29.3 Å². The highest BCUT2D eigenvalue weighted by molar-refractivity contribution is 6.35. The standard InChI is InChI=1S/C25H24Cl2N4O2/c1-15-13-31(14-16(2)29-15)25(33)17-6-8-19(22(27)11-17)24(32)30-18-7-9-21(26)20(12-18)23-5-3-4-10-28-23/h3-12,15-16,29H,13-14H2,1-2H3,(H,30,32). The monoisotopic (exact) mass is 482 g/mol. The molecule has 2 aromatic carbocycles. The van der Waals surface area contributed by atoms with Crippen LogP contribution in [0.4, 0.5) is 5.69 Å². The number of hydrogen-bond donors (Lipinski definition) is 2. The maximum absolute atomic E-state index is 12.9. The number of carbonyl (C=O) groups is 2. The summed E-state index contributed by atoms with van der Waals surface area (Å²) in [6.45, 7) is 5.34. The summed E-state index contributed by atoms with van der Waals surface area (Å²) in [5, 5.41) is 7.00. The van der Waals surface area contributed by atoms with Crippen molar-refractivity contribution in [3.63, 3.8) is 0 Å². The minimum absolute atomic E-state index is 0.0956. The van der Waals surface area contributed by atoms with Crippen LogP contribution in [-0.2, 0) is 0 Å². The first-order valence-corrected chi connectivity index (χ1v) is 11.4. The molecule has 6 nitrogen and oxygen atoms in total. The number of hydrogen-bond acceptors (Lipinski definition) is 4. The predicted molar refractivity (Wildman–Crippen MR) is 132 cm³/mol. The van der Waals surface area contributed by atoms with Crippen molar-refractivity contribution < 1.29 is 9.59 Å². The third-order valence-electron chi connectivity index (χ3n) is 5.47. The highest BCUT2D eigenvalue weighted by Gasteiger charge is 2.26. The van der Waals surface area contributed by atoms with Gasteiger partial charge in [-0.15, -0.1) is 0 Å². The Kier molecular flexibility index (Phi) is 6.98. The number of halogens is 2. The van der Waals surface area contributed by atoms with Gasteiger partial charge < -0.3 is 15.5 Å². The van der Waals surface area contributed by atoms with E-state index < -0.39 is 0 Å². The molecule has 1 saturated heterocycles. The van der Waals surface area contributed by atoms with Crippen molar-refractivity contribution in [3.05, 3.63) is 82.0 Å². The number of aromatic nitrogens is 1. The molecule has 170 valence electrons. The summed E-state index contributed by atoms with van der Waals surface area (Å²) < 4.78 is 0. The number of piperazine rings is 1. The van der Waals surface area contributed by atoms with Crippen LogP contribution in [0.25, 0.3) is 11.3 Å².